The maximum Gasteiger partial charge on any atom is 0.247 e. The van der Waals surface area contributed by atoms with E-state index < -0.39 is 29.2 Å². The summed E-state index contributed by atoms with van der Waals surface area (Å²) in [7, 11) is 1.57. The van der Waals surface area contributed by atoms with Gasteiger partial charge < -0.3 is 19.4 Å². The molecule has 0 saturated heterocycles. The molecule has 204 valence electrons. The van der Waals surface area contributed by atoms with Gasteiger partial charge in [0.15, 0.2) is 5.76 Å². The van der Waals surface area contributed by atoms with E-state index in [-0.39, 0.29) is 18.9 Å². The van der Waals surface area contributed by atoms with E-state index in [4.69, 9.17) is 9.15 Å². The van der Waals surface area contributed by atoms with Crippen molar-refractivity contribution in [3.8, 4) is 17.3 Å². The third kappa shape index (κ3) is 7.07. The summed E-state index contributed by atoms with van der Waals surface area (Å²) in [6.07, 6.45) is 0. The van der Waals surface area contributed by atoms with Crippen LogP contribution in [0.3, 0.4) is 0 Å². The zero-order valence-electron chi connectivity index (χ0n) is 22.5. The Morgan fingerprint density at radius 2 is 1.77 bits per heavy atom. The SMILES string of the molecule is COc1ccc(CN(C(=O)Cn2nnc(-c3ccc(C)o3)n2)C(C(=O)NC(C)(C)C)c2ccc(F)cc2)cc1. The predicted molar refractivity (Wildman–Crippen MR) is 141 cm³/mol. The summed E-state index contributed by atoms with van der Waals surface area (Å²) in [5.41, 5.74) is 0.643. The molecule has 0 radical (unpaired) electrons. The number of aromatic nitrogens is 4. The molecule has 2 aromatic carbocycles. The van der Waals surface area contributed by atoms with Gasteiger partial charge in [0.1, 0.15) is 29.9 Å². The summed E-state index contributed by atoms with van der Waals surface area (Å²) in [6, 6.07) is 15.1. The van der Waals surface area contributed by atoms with Gasteiger partial charge in [0.25, 0.3) is 0 Å². The van der Waals surface area contributed by atoms with Gasteiger partial charge in [-0.3, -0.25) is 9.59 Å². The molecule has 0 aliphatic heterocycles. The van der Waals surface area contributed by atoms with Gasteiger partial charge in [-0.1, -0.05) is 24.3 Å². The van der Waals surface area contributed by atoms with Gasteiger partial charge in [-0.2, -0.15) is 4.80 Å². The van der Waals surface area contributed by atoms with Crippen molar-refractivity contribution in [3.05, 3.63) is 83.4 Å². The summed E-state index contributed by atoms with van der Waals surface area (Å²) in [4.78, 5) is 30.1. The molecular formula is C28H31FN6O4. The van der Waals surface area contributed by atoms with Crippen molar-refractivity contribution >= 4 is 11.8 Å². The van der Waals surface area contributed by atoms with E-state index in [1.165, 1.54) is 29.2 Å². The van der Waals surface area contributed by atoms with E-state index >= 15 is 0 Å². The highest BCUT2D eigenvalue weighted by Gasteiger charge is 2.34. The Hall–Kier alpha value is -4.54. The molecule has 4 rings (SSSR count). The van der Waals surface area contributed by atoms with Crippen molar-refractivity contribution in [1.29, 1.82) is 0 Å². The summed E-state index contributed by atoms with van der Waals surface area (Å²) in [6.45, 7) is 7.13. The van der Waals surface area contributed by atoms with Crippen molar-refractivity contribution in [2.45, 2.75) is 52.4 Å². The first kappa shape index (κ1) is 27.5. The number of carbonyl (C=O) groups is 2. The lowest BCUT2D eigenvalue weighted by atomic mass is 10.0. The van der Waals surface area contributed by atoms with Crippen LogP contribution in [0.1, 0.15) is 43.7 Å². The normalized spacial score (nSPS) is 12.2. The number of methoxy groups -OCH3 is 1. The lowest BCUT2D eigenvalue weighted by molar-refractivity contribution is -0.143. The Balaban J connectivity index is 1.70. The van der Waals surface area contributed by atoms with Crippen molar-refractivity contribution in [1.82, 2.24) is 30.4 Å². The second-order valence-corrected chi connectivity index (χ2v) is 10.1. The molecule has 0 spiro atoms. The Bertz CT molecular complexity index is 1420. The standard InChI is InChI=1S/C28H31FN6O4/c1-18-6-15-23(39-18)26-31-33-35(32-26)17-24(36)34(16-19-7-13-22(38-5)14-8-19)25(27(37)30-28(2,3)4)20-9-11-21(29)12-10-20/h6-15,25H,16-17H2,1-5H3,(H,30,37). The first-order chi connectivity index (χ1) is 18.5. The van der Waals surface area contributed by atoms with Crippen LogP contribution in [0.5, 0.6) is 5.75 Å². The molecule has 1 unspecified atom stereocenters. The minimum absolute atomic E-state index is 0.0847. The van der Waals surface area contributed by atoms with Gasteiger partial charge in [-0.25, -0.2) is 4.39 Å². The smallest absolute Gasteiger partial charge is 0.247 e. The number of nitrogens with one attached hydrogen (secondary N) is 1. The minimum Gasteiger partial charge on any atom is -0.497 e. The lowest BCUT2D eigenvalue weighted by Crippen LogP contribution is -2.49. The number of hydrogen-bond acceptors (Lipinski definition) is 7. The number of nitrogens with zero attached hydrogens (tertiary/aromatic N) is 5. The second-order valence-electron chi connectivity index (χ2n) is 10.1. The molecule has 2 amide bonds. The quantitative estimate of drug-likeness (QED) is 0.344. The molecule has 1 N–H and O–H groups in total. The molecule has 0 saturated carbocycles. The van der Waals surface area contributed by atoms with Gasteiger partial charge in [0, 0.05) is 12.1 Å². The van der Waals surface area contributed by atoms with Gasteiger partial charge in [-0.05, 0) is 80.4 Å². The van der Waals surface area contributed by atoms with Crippen LogP contribution in [-0.2, 0) is 22.7 Å². The molecule has 39 heavy (non-hydrogen) atoms. The molecule has 0 aliphatic rings. The second kappa shape index (κ2) is 11.5. The number of furan rings is 1. The van der Waals surface area contributed by atoms with Crippen LogP contribution >= 0.6 is 0 Å². The van der Waals surface area contributed by atoms with Crippen LogP contribution in [0.2, 0.25) is 0 Å². The fourth-order valence-electron chi connectivity index (χ4n) is 3.98. The number of tetrazole rings is 1. The highest BCUT2D eigenvalue weighted by molar-refractivity contribution is 5.89. The molecule has 0 bridgehead atoms. The first-order valence-electron chi connectivity index (χ1n) is 12.4. The van der Waals surface area contributed by atoms with Crippen molar-refractivity contribution in [3.63, 3.8) is 0 Å². The molecule has 0 aliphatic carbocycles. The summed E-state index contributed by atoms with van der Waals surface area (Å²) in [5, 5.41) is 15.2. The van der Waals surface area contributed by atoms with Crippen LogP contribution < -0.4 is 10.1 Å². The molecule has 4 aromatic rings. The number of ether oxygens (including phenoxy) is 1. The number of aryl methyl sites for hydroxylation is 1. The first-order valence-corrected chi connectivity index (χ1v) is 12.4. The average Bonchev–Trinajstić information content (AvgIpc) is 3.53. The molecular weight excluding hydrogens is 503 g/mol. The maximum atomic E-state index is 13.8. The number of rotatable bonds is 9. The molecule has 10 nitrogen and oxygen atoms in total. The van der Waals surface area contributed by atoms with Gasteiger partial charge in [0.05, 0.1) is 7.11 Å². The van der Waals surface area contributed by atoms with Crippen LogP contribution in [0.15, 0.2) is 65.1 Å². The van der Waals surface area contributed by atoms with Crippen molar-refractivity contribution in [2.75, 3.05) is 7.11 Å². The largest absolute Gasteiger partial charge is 0.497 e. The Labute approximate surface area is 225 Å². The fourth-order valence-corrected chi connectivity index (χ4v) is 3.98. The van der Waals surface area contributed by atoms with Crippen LogP contribution in [0.25, 0.3) is 11.6 Å². The number of carbonyl (C=O) groups excluding carboxylic acids is 2. The lowest BCUT2D eigenvalue weighted by Gasteiger charge is -2.33. The molecule has 2 heterocycles. The van der Waals surface area contributed by atoms with Crippen LogP contribution in [0.4, 0.5) is 4.39 Å². The van der Waals surface area contributed by atoms with E-state index in [0.717, 1.165) is 10.4 Å². The topological polar surface area (TPSA) is 115 Å². The van der Waals surface area contributed by atoms with Crippen molar-refractivity contribution in [2.24, 2.45) is 0 Å². The Morgan fingerprint density at radius 1 is 1.08 bits per heavy atom. The number of benzene rings is 2. The monoisotopic (exact) mass is 534 g/mol. The Morgan fingerprint density at radius 3 is 2.36 bits per heavy atom. The summed E-state index contributed by atoms with van der Waals surface area (Å²) < 4.78 is 24.6. The molecule has 1 atom stereocenters. The molecule has 11 heteroatoms. The predicted octanol–water partition coefficient (Wildman–Crippen LogP) is 4.07. The van der Waals surface area contributed by atoms with Gasteiger partial charge >= 0.3 is 0 Å². The maximum absolute atomic E-state index is 13.8. The fraction of sp³-hybridized carbons (Fsp3) is 0.321. The summed E-state index contributed by atoms with van der Waals surface area (Å²) in [5.74, 6) is 0.709. The summed E-state index contributed by atoms with van der Waals surface area (Å²) >= 11 is 0. The zero-order valence-corrected chi connectivity index (χ0v) is 22.5. The van der Waals surface area contributed by atoms with Gasteiger partial charge in [0.2, 0.25) is 17.6 Å². The molecule has 2 aromatic heterocycles. The number of hydrogen-bond donors (Lipinski definition) is 1. The number of amides is 2. The Kier molecular flexibility index (Phi) is 8.08. The average molecular weight is 535 g/mol. The van der Waals surface area contributed by atoms with Crippen LogP contribution in [-0.4, -0.2) is 49.6 Å². The van der Waals surface area contributed by atoms with Crippen LogP contribution in [0, 0.1) is 12.7 Å². The van der Waals surface area contributed by atoms with Gasteiger partial charge in [-0.15, -0.1) is 10.2 Å². The third-order valence-corrected chi connectivity index (χ3v) is 5.77. The van der Waals surface area contributed by atoms with Crippen molar-refractivity contribution < 1.29 is 23.1 Å². The highest BCUT2D eigenvalue weighted by atomic mass is 19.1. The third-order valence-electron chi connectivity index (χ3n) is 5.77. The van der Waals surface area contributed by atoms with E-state index in [1.54, 1.807) is 38.3 Å². The zero-order chi connectivity index (χ0) is 28.2. The van der Waals surface area contributed by atoms with E-state index in [2.05, 4.69) is 20.7 Å². The van der Waals surface area contributed by atoms with E-state index in [1.807, 2.05) is 32.9 Å². The van der Waals surface area contributed by atoms with E-state index in [9.17, 15) is 14.0 Å². The minimum atomic E-state index is -1.06. The highest BCUT2D eigenvalue weighted by Crippen LogP contribution is 2.26. The van der Waals surface area contributed by atoms with E-state index in [0.29, 0.717) is 22.8 Å². The number of halogens is 1. The molecule has 0 fully saturated rings.